The fourth-order valence-electron chi connectivity index (χ4n) is 0.788. The Bertz CT molecular complexity index is 281. The Balaban J connectivity index is 2.89. The Labute approximate surface area is 74.2 Å². The second kappa shape index (κ2) is 3.56. The van der Waals surface area contributed by atoms with Gasteiger partial charge in [-0.1, -0.05) is 23.7 Å². The van der Waals surface area contributed by atoms with Gasteiger partial charge in [0.1, 0.15) is 0 Å². The number of carbonyl (C=O) groups is 1. The normalized spacial score (nSPS) is 12.5. The van der Waals surface area contributed by atoms with Crippen LogP contribution in [0.1, 0.15) is 11.7 Å². The summed E-state index contributed by atoms with van der Waals surface area (Å²) in [5.41, 5.74) is 0.326. The van der Waals surface area contributed by atoms with E-state index in [4.69, 9.17) is 21.8 Å². The first-order valence-corrected chi connectivity index (χ1v) is 3.65. The van der Waals surface area contributed by atoms with E-state index >= 15 is 0 Å². The smallest absolute Gasteiger partial charge is 0.337 e. The van der Waals surface area contributed by atoms with Crippen LogP contribution in [-0.4, -0.2) is 16.2 Å². The molecule has 3 nitrogen and oxygen atoms in total. The summed E-state index contributed by atoms with van der Waals surface area (Å²) in [6.45, 7) is 0. The van der Waals surface area contributed by atoms with Gasteiger partial charge < -0.3 is 10.2 Å². The van der Waals surface area contributed by atoms with Gasteiger partial charge in [-0.05, 0) is 17.7 Å². The number of hydrogen-bond acceptors (Lipinski definition) is 2. The molecule has 0 saturated carbocycles. The van der Waals surface area contributed by atoms with Crippen LogP contribution in [0, 0.1) is 0 Å². The van der Waals surface area contributed by atoms with Gasteiger partial charge in [-0.25, -0.2) is 4.79 Å². The van der Waals surface area contributed by atoms with Gasteiger partial charge in [0, 0.05) is 5.02 Å². The van der Waals surface area contributed by atoms with Crippen molar-refractivity contribution < 1.29 is 15.0 Å². The summed E-state index contributed by atoms with van der Waals surface area (Å²) >= 11 is 5.57. The standard InChI is InChI=1S/C8H7ClO3/c9-6-3-1-5(2-4-6)7(10)8(11)12/h1-4,7,10H,(H,11,12)/i8-1. The summed E-state index contributed by atoms with van der Waals surface area (Å²) in [7, 11) is 0. The Morgan fingerprint density at radius 3 is 2.25 bits per heavy atom. The molecule has 0 spiro atoms. The zero-order valence-corrected chi connectivity index (χ0v) is 6.82. The monoisotopic (exact) mass is 185 g/mol. The van der Waals surface area contributed by atoms with E-state index in [1.54, 1.807) is 0 Å². The maximum absolute atomic E-state index is 10.3. The number of aliphatic hydroxyl groups is 1. The minimum absolute atomic E-state index is 0.326. The van der Waals surface area contributed by atoms with Crippen LogP contribution in [0.4, 0.5) is 0 Å². The quantitative estimate of drug-likeness (QED) is 0.734. The second-order valence-electron chi connectivity index (χ2n) is 2.29. The number of aliphatic hydroxyl groups excluding tert-OH is 1. The highest BCUT2D eigenvalue weighted by molar-refractivity contribution is 6.30. The average Bonchev–Trinajstić information content (AvgIpc) is 2.04. The minimum Gasteiger partial charge on any atom is -0.479 e. The maximum atomic E-state index is 10.3. The molecule has 1 unspecified atom stereocenters. The van der Waals surface area contributed by atoms with Crippen LogP contribution >= 0.6 is 11.6 Å². The summed E-state index contributed by atoms with van der Waals surface area (Å²) in [4.78, 5) is 10.3. The third kappa shape index (κ3) is 1.96. The molecule has 1 aromatic carbocycles. The molecule has 0 aliphatic heterocycles. The summed E-state index contributed by atoms with van der Waals surface area (Å²) in [6, 6.07) is 6.01. The molecule has 0 fully saturated rings. The van der Waals surface area contributed by atoms with Gasteiger partial charge in [-0.15, -0.1) is 0 Å². The third-order valence-corrected chi connectivity index (χ3v) is 1.67. The first kappa shape index (κ1) is 9.03. The van der Waals surface area contributed by atoms with E-state index in [1.165, 1.54) is 24.3 Å². The van der Waals surface area contributed by atoms with Crippen LogP contribution in [0.2, 0.25) is 5.02 Å². The van der Waals surface area contributed by atoms with Crippen molar-refractivity contribution in [2.75, 3.05) is 0 Å². The Morgan fingerprint density at radius 2 is 1.83 bits per heavy atom. The first-order chi connectivity index (χ1) is 5.61. The van der Waals surface area contributed by atoms with Gasteiger partial charge in [0.25, 0.3) is 0 Å². The lowest BCUT2D eigenvalue weighted by Crippen LogP contribution is -2.09. The molecule has 4 heteroatoms. The number of aliphatic carboxylic acids is 1. The van der Waals surface area contributed by atoms with Crippen LogP contribution in [0.15, 0.2) is 24.3 Å². The van der Waals surface area contributed by atoms with Gasteiger partial charge in [0.05, 0.1) is 0 Å². The Kier molecular flexibility index (Phi) is 2.68. The third-order valence-electron chi connectivity index (χ3n) is 1.42. The van der Waals surface area contributed by atoms with E-state index in [2.05, 4.69) is 0 Å². The van der Waals surface area contributed by atoms with E-state index in [0.29, 0.717) is 10.6 Å². The van der Waals surface area contributed by atoms with Crippen molar-refractivity contribution in [3.8, 4) is 0 Å². The molecule has 0 aromatic heterocycles. The fraction of sp³-hybridized carbons (Fsp3) is 0.125. The number of rotatable bonds is 2. The van der Waals surface area contributed by atoms with Crippen molar-refractivity contribution in [2.45, 2.75) is 6.10 Å². The number of carboxylic acids is 1. The van der Waals surface area contributed by atoms with Crippen molar-refractivity contribution >= 4 is 17.6 Å². The van der Waals surface area contributed by atoms with Gasteiger partial charge in [0.2, 0.25) is 0 Å². The molecule has 0 aliphatic rings. The summed E-state index contributed by atoms with van der Waals surface area (Å²) in [6.07, 6.45) is -1.47. The van der Waals surface area contributed by atoms with E-state index in [0.717, 1.165) is 0 Å². The zero-order valence-electron chi connectivity index (χ0n) is 6.07. The van der Waals surface area contributed by atoms with E-state index < -0.39 is 12.1 Å². The average molecular weight is 186 g/mol. The molecule has 12 heavy (non-hydrogen) atoms. The molecule has 0 amide bonds. The van der Waals surface area contributed by atoms with E-state index in [-0.39, 0.29) is 0 Å². The van der Waals surface area contributed by atoms with Crippen molar-refractivity contribution in [1.82, 2.24) is 0 Å². The van der Waals surface area contributed by atoms with Gasteiger partial charge in [0.15, 0.2) is 6.10 Å². The predicted octanol–water partition coefficient (Wildman–Crippen LogP) is 1.46. The summed E-state index contributed by atoms with van der Waals surface area (Å²) in [5, 5.41) is 18.0. The van der Waals surface area contributed by atoms with Crippen LogP contribution in [-0.2, 0) is 4.79 Å². The second-order valence-corrected chi connectivity index (χ2v) is 2.73. The van der Waals surface area contributed by atoms with E-state index in [9.17, 15) is 4.79 Å². The maximum Gasteiger partial charge on any atom is 0.337 e. The van der Waals surface area contributed by atoms with Crippen molar-refractivity contribution in [3.63, 3.8) is 0 Å². The Morgan fingerprint density at radius 1 is 1.33 bits per heavy atom. The summed E-state index contributed by atoms with van der Waals surface area (Å²) in [5.74, 6) is -1.27. The van der Waals surface area contributed by atoms with Crippen LogP contribution in [0.5, 0.6) is 0 Å². The molecule has 1 atom stereocenters. The first-order valence-electron chi connectivity index (χ1n) is 3.27. The highest BCUT2D eigenvalue weighted by atomic mass is 35.5. The summed E-state index contributed by atoms with van der Waals surface area (Å²) < 4.78 is 0. The number of halogens is 1. The van der Waals surface area contributed by atoms with Crippen LogP contribution in [0.25, 0.3) is 0 Å². The predicted molar refractivity (Wildman–Crippen MR) is 44.0 cm³/mol. The highest BCUT2D eigenvalue weighted by Crippen LogP contribution is 2.16. The molecular formula is C8H7ClO3. The SMILES string of the molecule is O=[11C](O)C(O)c1ccc(Cl)cc1. The lowest BCUT2D eigenvalue weighted by Gasteiger charge is -2.04. The number of benzene rings is 1. The van der Waals surface area contributed by atoms with Gasteiger partial charge >= 0.3 is 5.97 Å². The minimum atomic E-state index is -1.47. The molecule has 0 bridgehead atoms. The Hall–Kier alpha value is -1.06. The molecule has 64 valence electrons. The van der Waals surface area contributed by atoms with Gasteiger partial charge in [-0.2, -0.15) is 0 Å². The molecule has 0 aliphatic carbocycles. The number of hydrogen-bond donors (Lipinski definition) is 2. The van der Waals surface area contributed by atoms with Crippen molar-refractivity contribution in [3.05, 3.63) is 34.9 Å². The number of carboxylic acid groups (broad SMARTS) is 1. The lowest BCUT2D eigenvalue weighted by molar-refractivity contribution is -0.146. The molecule has 0 heterocycles. The fourth-order valence-corrected chi connectivity index (χ4v) is 0.914. The largest absolute Gasteiger partial charge is 0.479 e. The van der Waals surface area contributed by atoms with Gasteiger partial charge in [-0.3, -0.25) is 0 Å². The molecule has 1 rings (SSSR count). The molecule has 2 N–H and O–H groups in total. The zero-order chi connectivity index (χ0) is 9.14. The molecule has 0 radical (unpaired) electrons. The molecule has 1 aromatic rings. The van der Waals surface area contributed by atoms with E-state index in [1.807, 2.05) is 0 Å². The van der Waals surface area contributed by atoms with Crippen LogP contribution < -0.4 is 0 Å². The lowest BCUT2D eigenvalue weighted by atomic mass is 9.91. The topological polar surface area (TPSA) is 57.5 Å². The highest BCUT2D eigenvalue weighted by Gasteiger charge is 2.14. The molecular weight excluding hydrogens is 179 g/mol. The van der Waals surface area contributed by atoms with Crippen LogP contribution in [0.3, 0.4) is 0 Å². The van der Waals surface area contributed by atoms with Crippen molar-refractivity contribution in [2.24, 2.45) is 0 Å². The molecule has 0 saturated heterocycles. The van der Waals surface area contributed by atoms with Crippen molar-refractivity contribution in [1.29, 1.82) is 0 Å².